The van der Waals surface area contributed by atoms with Gasteiger partial charge in [-0.25, -0.2) is 8.42 Å². The molecule has 0 bridgehead atoms. The average Bonchev–Trinajstić information content (AvgIpc) is 2.74. The summed E-state index contributed by atoms with van der Waals surface area (Å²) in [5, 5.41) is 2.76. The number of carbonyl (C=O) groups is 1. The maximum absolute atomic E-state index is 12.8. The van der Waals surface area contributed by atoms with Crippen molar-refractivity contribution in [2.45, 2.75) is 4.90 Å². The van der Waals surface area contributed by atoms with Gasteiger partial charge in [-0.05, 0) is 36.4 Å². The Hall–Kier alpha value is -2.94. The molecule has 0 aliphatic heterocycles. The van der Waals surface area contributed by atoms with E-state index in [0.29, 0.717) is 30.2 Å². The van der Waals surface area contributed by atoms with Crippen LogP contribution in [0.25, 0.3) is 0 Å². The first-order valence-electron chi connectivity index (χ1n) is 9.28. The van der Waals surface area contributed by atoms with Gasteiger partial charge < -0.3 is 14.8 Å². The van der Waals surface area contributed by atoms with Gasteiger partial charge in [0.05, 0.1) is 17.1 Å². The molecule has 0 radical (unpaired) electrons. The lowest BCUT2D eigenvalue weighted by Gasteiger charge is -2.19. The van der Waals surface area contributed by atoms with Crippen LogP contribution in [0.1, 0.15) is 10.4 Å². The molecule has 8 heteroatoms. The number of hydrogen-bond acceptors (Lipinski definition) is 5. The summed E-state index contributed by atoms with van der Waals surface area (Å²) in [4.78, 5) is 12.8. The van der Waals surface area contributed by atoms with E-state index in [2.05, 4.69) is 18.5 Å². The lowest BCUT2D eigenvalue weighted by Crippen LogP contribution is -2.31. The van der Waals surface area contributed by atoms with Gasteiger partial charge in [0.1, 0.15) is 12.4 Å². The van der Waals surface area contributed by atoms with Gasteiger partial charge in [0.2, 0.25) is 10.0 Å². The van der Waals surface area contributed by atoms with Crippen LogP contribution in [-0.4, -0.2) is 52.0 Å². The summed E-state index contributed by atoms with van der Waals surface area (Å²) in [6.07, 6.45) is 3.03. The number of nitrogens with zero attached hydrogens (tertiary/aromatic N) is 1. The quantitative estimate of drug-likeness (QED) is 0.412. The molecular formula is C22H26N2O5S. The number of amides is 1. The molecule has 2 aromatic carbocycles. The molecule has 0 fully saturated rings. The van der Waals surface area contributed by atoms with E-state index in [9.17, 15) is 13.2 Å². The van der Waals surface area contributed by atoms with Crippen LogP contribution in [0.5, 0.6) is 5.75 Å². The number of methoxy groups -OCH3 is 1. The van der Waals surface area contributed by atoms with E-state index < -0.39 is 10.0 Å². The SMILES string of the molecule is C=CCN(CC=C)S(=O)(=O)c1ccc(NC(=O)c2ccccc2OCCOC)cc1. The molecular weight excluding hydrogens is 404 g/mol. The Bertz CT molecular complexity index is 961. The standard InChI is InChI=1S/C22H26N2O5S/c1-4-14-24(15-5-2)30(26,27)19-12-10-18(11-13-19)23-22(25)20-8-6-7-9-21(20)29-17-16-28-3/h4-13H,1-2,14-17H2,3H3,(H,23,25). The monoisotopic (exact) mass is 430 g/mol. The Labute approximate surface area is 177 Å². The molecule has 2 aromatic rings. The third-order valence-corrected chi connectivity index (χ3v) is 5.94. The smallest absolute Gasteiger partial charge is 0.259 e. The first-order chi connectivity index (χ1) is 14.4. The molecule has 0 aliphatic rings. The predicted octanol–water partition coefficient (Wildman–Crippen LogP) is 3.33. The van der Waals surface area contributed by atoms with Crippen LogP contribution in [-0.2, 0) is 14.8 Å². The highest BCUT2D eigenvalue weighted by molar-refractivity contribution is 7.89. The Balaban J connectivity index is 2.15. The molecule has 30 heavy (non-hydrogen) atoms. The van der Waals surface area contributed by atoms with Crippen LogP contribution < -0.4 is 10.1 Å². The zero-order chi connectivity index (χ0) is 22.0. The molecule has 1 amide bonds. The van der Waals surface area contributed by atoms with Gasteiger partial charge in [0.15, 0.2) is 0 Å². The number of benzene rings is 2. The highest BCUT2D eigenvalue weighted by Crippen LogP contribution is 2.22. The first-order valence-corrected chi connectivity index (χ1v) is 10.7. The van der Waals surface area contributed by atoms with Gasteiger partial charge in [-0.2, -0.15) is 4.31 Å². The molecule has 7 nitrogen and oxygen atoms in total. The van der Waals surface area contributed by atoms with Crippen LogP contribution in [0, 0.1) is 0 Å². The largest absolute Gasteiger partial charge is 0.490 e. The molecule has 2 rings (SSSR count). The minimum atomic E-state index is -3.70. The highest BCUT2D eigenvalue weighted by atomic mass is 32.2. The summed E-state index contributed by atoms with van der Waals surface area (Å²) < 4.78 is 37.3. The molecule has 0 saturated heterocycles. The number of rotatable bonds is 12. The molecule has 0 aliphatic carbocycles. The molecule has 0 atom stereocenters. The van der Waals surface area contributed by atoms with Gasteiger partial charge in [-0.15, -0.1) is 13.2 Å². The lowest BCUT2D eigenvalue weighted by atomic mass is 10.2. The molecule has 1 N–H and O–H groups in total. The summed E-state index contributed by atoms with van der Waals surface area (Å²) in [6.45, 7) is 8.25. The number of carbonyl (C=O) groups excluding carboxylic acids is 1. The van der Waals surface area contributed by atoms with Gasteiger partial charge in [0, 0.05) is 25.9 Å². The molecule has 0 saturated carbocycles. The fourth-order valence-corrected chi connectivity index (χ4v) is 4.01. The van der Waals surface area contributed by atoms with Crippen molar-refractivity contribution in [3.05, 3.63) is 79.4 Å². The third-order valence-electron chi connectivity index (χ3n) is 4.09. The number of hydrogen-bond donors (Lipinski definition) is 1. The Kier molecular flexibility index (Phi) is 8.79. The number of sulfonamides is 1. The summed E-state index contributed by atoms with van der Waals surface area (Å²) in [5.74, 6) is 0.0781. The number of anilines is 1. The maximum atomic E-state index is 12.8. The minimum Gasteiger partial charge on any atom is -0.490 e. The molecule has 0 spiro atoms. The number of nitrogens with one attached hydrogen (secondary N) is 1. The second-order valence-electron chi connectivity index (χ2n) is 6.22. The molecule has 0 heterocycles. The van der Waals surface area contributed by atoms with Crippen LogP contribution in [0.15, 0.2) is 78.7 Å². The topological polar surface area (TPSA) is 84.9 Å². The van der Waals surface area contributed by atoms with Gasteiger partial charge in [-0.1, -0.05) is 24.3 Å². The third kappa shape index (κ3) is 6.03. The van der Waals surface area contributed by atoms with E-state index in [0.717, 1.165) is 0 Å². The fourth-order valence-electron chi connectivity index (χ4n) is 2.63. The minimum absolute atomic E-state index is 0.118. The van der Waals surface area contributed by atoms with E-state index >= 15 is 0 Å². The normalized spacial score (nSPS) is 11.1. The Morgan fingerprint density at radius 3 is 2.27 bits per heavy atom. The van der Waals surface area contributed by atoms with Crippen LogP contribution in [0.4, 0.5) is 5.69 Å². The second-order valence-corrected chi connectivity index (χ2v) is 8.15. The lowest BCUT2D eigenvalue weighted by molar-refractivity contribution is 0.101. The van der Waals surface area contributed by atoms with Crippen molar-refractivity contribution in [3.63, 3.8) is 0 Å². The first kappa shape index (κ1) is 23.3. The van der Waals surface area contributed by atoms with E-state index in [4.69, 9.17) is 9.47 Å². The molecule has 160 valence electrons. The van der Waals surface area contributed by atoms with E-state index in [1.165, 1.54) is 28.6 Å². The molecule has 0 unspecified atom stereocenters. The van der Waals surface area contributed by atoms with Crippen LogP contribution in [0.3, 0.4) is 0 Å². The van der Waals surface area contributed by atoms with Crippen molar-refractivity contribution in [1.29, 1.82) is 0 Å². The zero-order valence-corrected chi connectivity index (χ0v) is 17.7. The van der Waals surface area contributed by atoms with Crippen molar-refractivity contribution < 1.29 is 22.7 Å². The van der Waals surface area contributed by atoms with Crippen molar-refractivity contribution in [2.24, 2.45) is 0 Å². The summed E-state index contributed by atoms with van der Waals surface area (Å²) in [6, 6.07) is 12.8. The van der Waals surface area contributed by atoms with Crippen molar-refractivity contribution in [1.82, 2.24) is 4.31 Å². The van der Waals surface area contributed by atoms with Crippen molar-refractivity contribution in [3.8, 4) is 5.75 Å². The fraction of sp³-hybridized carbons (Fsp3) is 0.227. The summed E-state index contributed by atoms with van der Waals surface area (Å²) in [7, 11) is -2.13. The van der Waals surface area contributed by atoms with E-state index in [1.807, 2.05) is 0 Å². The summed E-state index contributed by atoms with van der Waals surface area (Å²) >= 11 is 0. The maximum Gasteiger partial charge on any atom is 0.259 e. The van der Waals surface area contributed by atoms with E-state index in [1.54, 1.807) is 43.5 Å². The average molecular weight is 431 g/mol. The van der Waals surface area contributed by atoms with Crippen LogP contribution in [0.2, 0.25) is 0 Å². The Morgan fingerprint density at radius 2 is 1.67 bits per heavy atom. The van der Waals surface area contributed by atoms with Gasteiger partial charge >= 0.3 is 0 Å². The molecule has 0 aromatic heterocycles. The zero-order valence-electron chi connectivity index (χ0n) is 16.9. The number of ether oxygens (including phenoxy) is 2. The second kappa shape index (κ2) is 11.3. The van der Waals surface area contributed by atoms with Gasteiger partial charge in [-0.3, -0.25) is 4.79 Å². The number of para-hydroxylation sites is 1. The summed E-state index contributed by atoms with van der Waals surface area (Å²) in [5.41, 5.74) is 0.832. The van der Waals surface area contributed by atoms with E-state index in [-0.39, 0.29) is 23.9 Å². The van der Waals surface area contributed by atoms with Crippen molar-refractivity contribution in [2.75, 3.05) is 38.7 Å². The van der Waals surface area contributed by atoms with Crippen LogP contribution >= 0.6 is 0 Å². The Morgan fingerprint density at radius 1 is 1.03 bits per heavy atom. The van der Waals surface area contributed by atoms with Crippen molar-refractivity contribution >= 4 is 21.6 Å². The van der Waals surface area contributed by atoms with Gasteiger partial charge in [0.25, 0.3) is 5.91 Å². The highest BCUT2D eigenvalue weighted by Gasteiger charge is 2.22. The predicted molar refractivity (Wildman–Crippen MR) is 117 cm³/mol.